The number of aryl methyl sites for hydroxylation is 8. The summed E-state index contributed by atoms with van der Waals surface area (Å²) in [5, 5.41) is 45.0. The van der Waals surface area contributed by atoms with Crippen molar-refractivity contribution in [2.24, 2.45) is 5.73 Å². The molecule has 0 saturated carbocycles. The van der Waals surface area contributed by atoms with Gasteiger partial charge < -0.3 is 35.6 Å². The summed E-state index contributed by atoms with van der Waals surface area (Å²) in [6.07, 6.45) is 9.11. The molecule has 6 N–H and O–H groups in total. The number of ether oxygens (including phenoxy) is 2. The first-order valence-electron chi connectivity index (χ1n) is 35.6. The molecule has 0 aliphatic carbocycles. The summed E-state index contributed by atoms with van der Waals surface area (Å²) in [6.45, 7) is 26.8. The molecule has 3 heterocycles. The van der Waals surface area contributed by atoms with Gasteiger partial charge in [-0.05, 0) is 288 Å². The second-order valence-corrected chi connectivity index (χ2v) is 26.9. The molecule has 8 aromatic carbocycles. The highest BCUT2D eigenvalue weighted by molar-refractivity contribution is 9.10. The lowest BCUT2D eigenvalue weighted by Crippen LogP contribution is -2.36. The molecule has 0 aromatic heterocycles. The second kappa shape index (κ2) is 49.4. The Morgan fingerprint density at radius 3 is 1.17 bits per heavy atom. The fourth-order valence-corrected chi connectivity index (χ4v) is 12.6. The highest BCUT2D eigenvalue weighted by atomic mass is 79.9. The number of imide groups is 5. The van der Waals surface area contributed by atoms with Crippen LogP contribution in [0.5, 0.6) is 0 Å². The Morgan fingerprint density at radius 2 is 0.832 bits per heavy atom. The number of hydrogen-bond donors (Lipinski definition) is 5. The largest absolute Gasteiger partial charge is 0.466 e. The molecule has 0 radical (unpaired) electrons. The first-order chi connectivity index (χ1) is 52.0. The van der Waals surface area contributed by atoms with Gasteiger partial charge in [0.05, 0.1) is 79.6 Å². The minimum absolute atomic E-state index is 0. The molecule has 7 amide bonds. The summed E-state index contributed by atoms with van der Waals surface area (Å²) in [5.74, 6) is -2.49. The predicted octanol–water partition coefficient (Wildman–Crippen LogP) is 17.3. The second-order valence-electron chi connectivity index (χ2n) is 26.0. The fraction of sp³-hybridized carbons (Fsp3) is 0.326. The van der Waals surface area contributed by atoms with Gasteiger partial charge in [0.1, 0.15) is 6.29 Å². The van der Waals surface area contributed by atoms with E-state index in [1.165, 1.54) is 62.9 Å². The van der Waals surface area contributed by atoms with Gasteiger partial charge in [0.25, 0.3) is 35.4 Å². The van der Waals surface area contributed by atoms with Crippen LogP contribution in [-0.4, -0.2) is 122 Å². The van der Waals surface area contributed by atoms with Gasteiger partial charge in [-0.2, -0.15) is 10.2 Å². The highest BCUT2D eigenvalue weighted by Crippen LogP contribution is 2.28. The maximum atomic E-state index is 12.3. The third kappa shape index (κ3) is 27.2. The lowest BCUT2D eigenvalue weighted by atomic mass is 9.97. The number of aliphatic hydroxyl groups excluding tert-OH is 4. The van der Waals surface area contributed by atoms with E-state index < -0.39 is 23.9 Å². The number of benzene rings is 8. The van der Waals surface area contributed by atoms with Crippen LogP contribution < -0.4 is 5.73 Å². The van der Waals surface area contributed by atoms with Gasteiger partial charge in [0, 0.05) is 35.3 Å². The Morgan fingerprint density at radius 1 is 0.496 bits per heavy atom. The zero-order valence-corrected chi connectivity index (χ0v) is 65.7. The van der Waals surface area contributed by atoms with Gasteiger partial charge in [-0.3, -0.25) is 43.4 Å². The minimum Gasteiger partial charge on any atom is -0.466 e. The number of nitrogens with two attached hydrogens (primary N) is 1. The van der Waals surface area contributed by atoms with Gasteiger partial charge in [-0.1, -0.05) is 125 Å². The zero-order chi connectivity index (χ0) is 80.8. The molecular weight excluding hydrogens is 1490 g/mol. The number of aldehydes is 1. The topological polar surface area (TPSA) is 313 Å². The average molecular weight is 1610 g/mol. The van der Waals surface area contributed by atoms with Crippen LogP contribution in [0, 0.1) is 80.6 Å². The number of hydrogen-bond acceptors (Lipinski definition) is 17. The highest BCUT2D eigenvalue weighted by Gasteiger charge is 2.41. The van der Waals surface area contributed by atoms with E-state index >= 15 is 0 Å². The number of rotatable bonds is 19. The third-order valence-corrected chi connectivity index (χ3v) is 19.3. The molecule has 3 aliphatic rings. The molecule has 604 valence electrons. The Kier molecular flexibility index (Phi) is 43.8. The van der Waals surface area contributed by atoms with Crippen LogP contribution in [0.1, 0.15) is 229 Å². The lowest BCUT2D eigenvalue weighted by molar-refractivity contribution is -0.134. The van der Waals surface area contributed by atoms with Crippen molar-refractivity contribution in [1.29, 1.82) is 5.26 Å². The molecule has 8 aromatic rings. The van der Waals surface area contributed by atoms with Crippen LogP contribution >= 0.6 is 15.9 Å². The van der Waals surface area contributed by atoms with Crippen LogP contribution in [0.15, 0.2) is 157 Å². The van der Waals surface area contributed by atoms with Crippen LogP contribution in [-0.2, 0) is 60.0 Å². The molecule has 3 aliphatic heterocycles. The van der Waals surface area contributed by atoms with Gasteiger partial charge in [-0.15, -0.1) is 0 Å². The number of nitrogens with zero attached hydrogens (tertiary/aromatic N) is 4. The quantitative estimate of drug-likeness (QED) is 0.0165. The van der Waals surface area contributed by atoms with Crippen molar-refractivity contribution in [3.8, 4) is 6.07 Å². The number of esters is 1. The summed E-state index contributed by atoms with van der Waals surface area (Å²) < 4.78 is 9.82. The molecule has 0 fully saturated rings. The number of carbonyl (C=O) groups is 9. The molecule has 0 spiro atoms. The molecular formula is C92H114BrN5O15. The number of amides is 7. The van der Waals surface area contributed by atoms with E-state index in [4.69, 9.17) is 26.3 Å². The minimum atomic E-state index is -0.922. The SMILES string of the molecule is C.C.C.C.C=CC(=O)OC.CCOC(=O)N1C(=O)c2ccccc2C1=O.Cc1cc(/C=C/C#N)cc(CO)c1C.Cc1cc(Br)cc(CO)c1C.Cc1cc(CCCN)cc(CO)c1C.Cc1cc(CCCN2C(=O)c3ccccc3C2=O)cc(C=O)c1C.Cc1cc(CCCN2C(=O)c3ccccc3C2=O)cc(CO)c1C. The first-order valence-corrected chi connectivity index (χ1v) is 36.4. The van der Waals surface area contributed by atoms with E-state index in [0.717, 1.165) is 121 Å². The van der Waals surface area contributed by atoms with Crippen molar-refractivity contribution in [3.63, 3.8) is 0 Å². The van der Waals surface area contributed by atoms with E-state index in [-0.39, 0.29) is 97.5 Å². The van der Waals surface area contributed by atoms with Crippen LogP contribution in [0.25, 0.3) is 6.08 Å². The summed E-state index contributed by atoms with van der Waals surface area (Å²) in [7, 11) is 1.31. The summed E-state index contributed by atoms with van der Waals surface area (Å²) in [5.41, 5.74) is 28.3. The standard InChI is InChI=1S/C20H21NO3.C20H19NO3.C12H19NO.C12H13NO.C11H9NO4.C9H11BrO.C4H6O2.4CH4/c2*1-13-10-15(11-16(12-22)14(13)2)6-5-9-21-19(23)17-7-3-4-8-18(17)20(21)24;2*1-9-6-11(4-3-5-13)7-12(8-14)10(9)2;1-2-16-11(15)12-9(13)7-5-3-4-6-8(7)10(12)14;1-6-3-9(10)4-8(5-11)7(6)2;1-3-4(5)6-2;;;;/h3-4,7-8,10-11,22H,5-6,9,12H2,1-2H3;3-4,7-8,10-12H,5-6,9H2,1-2H3;6-7,14H,3-5,8,13H2,1-2H3;3-4,6-7,14H,8H2,1-2H3;3-6H,2H2,1H3;3-4,11H,5H2,1-2H3;3H,1H2,2H3;4*1H4/b;;;4-3+;;;;;;;. The Labute approximate surface area is 676 Å². The molecule has 20 nitrogen and oxygen atoms in total. The van der Waals surface area contributed by atoms with Crippen molar-refractivity contribution in [1.82, 2.24) is 14.7 Å². The number of aliphatic hydroxyl groups is 4. The van der Waals surface area contributed by atoms with Crippen molar-refractivity contribution in [2.45, 2.75) is 171 Å². The van der Waals surface area contributed by atoms with Crippen LogP contribution in [0.2, 0.25) is 0 Å². The Hall–Kier alpha value is -11.0. The zero-order valence-electron chi connectivity index (χ0n) is 64.1. The van der Waals surface area contributed by atoms with E-state index in [1.54, 1.807) is 73.7 Å². The monoisotopic (exact) mass is 1610 g/mol. The predicted molar refractivity (Wildman–Crippen MR) is 452 cm³/mol. The maximum Gasteiger partial charge on any atom is 0.424 e. The molecule has 113 heavy (non-hydrogen) atoms. The van der Waals surface area contributed by atoms with E-state index in [0.29, 0.717) is 58.6 Å². The van der Waals surface area contributed by atoms with Crippen molar-refractivity contribution in [2.75, 3.05) is 33.4 Å². The van der Waals surface area contributed by atoms with E-state index in [9.17, 15) is 48.3 Å². The number of fused-ring (bicyclic) bond motifs is 3. The fourth-order valence-electron chi connectivity index (χ4n) is 12.0. The van der Waals surface area contributed by atoms with Gasteiger partial charge >= 0.3 is 12.1 Å². The van der Waals surface area contributed by atoms with Gasteiger partial charge in [0.2, 0.25) is 0 Å². The van der Waals surface area contributed by atoms with Gasteiger partial charge in [-0.25, -0.2) is 9.59 Å². The Balaban J connectivity index is 0.000000676. The van der Waals surface area contributed by atoms with Crippen molar-refractivity contribution >= 4 is 75.8 Å². The number of halogens is 1. The third-order valence-electron chi connectivity index (χ3n) is 18.9. The summed E-state index contributed by atoms with van der Waals surface area (Å²) >= 11 is 3.38. The number of methoxy groups -OCH3 is 1. The Bertz CT molecular complexity index is 4620. The van der Waals surface area contributed by atoms with Crippen LogP contribution in [0.4, 0.5) is 4.79 Å². The van der Waals surface area contributed by atoms with E-state index in [1.807, 2.05) is 98.7 Å². The molecule has 21 heteroatoms. The molecule has 11 rings (SSSR count). The number of nitriles is 1. The summed E-state index contributed by atoms with van der Waals surface area (Å²) in [4.78, 5) is 108. The average Bonchev–Trinajstić information content (AvgIpc) is 1.64. The molecule has 0 atom stereocenters. The molecule has 0 unspecified atom stereocenters. The molecule has 0 saturated heterocycles. The molecule has 0 bridgehead atoms. The number of carbonyl (C=O) groups excluding carboxylic acids is 9. The van der Waals surface area contributed by atoms with Crippen molar-refractivity contribution in [3.05, 3.63) is 296 Å². The lowest BCUT2D eigenvalue weighted by Gasteiger charge is -2.15. The number of allylic oxidation sites excluding steroid dienone is 1. The normalized spacial score (nSPS) is 11.6. The smallest absolute Gasteiger partial charge is 0.424 e. The van der Waals surface area contributed by atoms with Gasteiger partial charge in [0.15, 0.2) is 0 Å². The first kappa shape index (κ1) is 100. The van der Waals surface area contributed by atoms with Crippen LogP contribution in [0.3, 0.4) is 0 Å². The maximum absolute atomic E-state index is 12.3. The van der Waals surface area contributed by atoms with Crippen molar-refractivity contribution < 1.29 is 73.1 Å². The van der Waals surface area contributed by atoms with E-state index in [2.05, 4.69) is 69.2 Å². The summed E-state index contributed by atoms with van der Waals surface area (Å²) in [6, 6.07) is 42.3.